The number of aliphatic hydroxyl groups is 2. The first-order valence-electron chi connectivity index (χ1n) is 8.54. The Balaban J connectivity index is 2.09. The molecule has 0 bridgehead atoms. The molecule has 1 aliphatic rings. The third-order valence-corrected chi connectivity index (χ3v) is 4.43. The van der Waals surface area contributed by atoms with Crippen molar-refractivity contribution in [2.24, 2.45) is 5.73 Å². The molecule has 3 unspecified atom stereocenters. The summed E-state index contributed by atoms with van der Waals surface area (Å²) in [5.74, 6) is 4.48. The van der Waals surface area contributed by atoms with Crippen LogP contribution in [0.5, 0.6) is 5.75 Å². The normalized spacial score (nSPS) is 17.4. The summed E-state index contributed by atoms with van der Waals surface area (Å²) in [7, 11) is 1.50. The number of aliphatic hydroxyl groups excluding tert-OH is 2. The number of rotatable bonds is 4. The first kappa shape index (κ1) is 19.6. The maximum atomic E-state index is 14.5. The van der Waals surface area contributed by atoms with Gasteiger partial charge in [-0.3, -0.25) is 4.79 Å². The van der Waals surface area contributed by atoms with E-state index in [1.54, 1.807) is 18.3 Å². The lowest BCUT2D eigenvalue weighted by Gasteiger charge is -2.16. The number of halogens is 1. The Bertz CT molecular complexity index is 1000. The molecule has 1 aromatic heterocycles. The van der Waals surface area contributed by atoms with Crippen molar-refractivity contribution >= 4 is 23.2 Å². The van der Waals surface area contributed by atoms with Crippen molar-refractivity contribution in [3.63, 3.8) is 0 Å². The molecule has 1 amide bonds. The molecular formula is C20H20FN3O4. The highest BCUT2D eigenvalue weighted by Gasteiger charge is 2.29. The SMILES string of the molecule is COc1cc[nH]c1/C=C1\C(=O)Nc2ccc(F)c(C#CC(O)C(N)C(C)O)c21. The topological polar surface area (TPSA) is 121 Å². The number of hydrogen-bond acceptors (Lipinski definition) is 5. The predicted octanol–water partition coefficient (Wildman–Crippen LogP) is 1.08. The smallest absolute Gasteiger partial charge is 0.256 e. The summed E-state index contributed by atoms with van der Waals surface area (Å²) in [6.07, 6.45) is 0.840. The van der Waals surface area contributed by atoms with Crippen molar-refractivity contribution in [3.05, 3.63) is 47.0 Å². The van der Waals surface area contributed by atoms with Gasteiger partial charge in [-0.2, -0.15) is 0 Å². The van der Waals surface area contributed by atoms with Gasteiger partial charge in [-0.15, -0.1) is 0 Å². The van der Waals surface area contributed by atoms with E-state index in [1.165, 1.54) is 26.2 Å². The van der Waals surface area contributed by atoms with Crippen molar-refractivity contribution in [2.45, 2.75) is 25.2 Å². The number of H-pyrrole nitrogens is 1. The van der Waals surface area contributed by atoms with Gasteiger partial charge in [0.1, 0.15) is 17.7 Å². The summed E-state index contributed by atoms with van der Waals surface area (Å²) < 4.78 is 19.7. The molecule has 0 fully saturated rings. The monoisotopic (exact) mass is 385 g/mol. The van der Waals surface area contributed by atoms with Crippen molar-refractivity contribution < 1.29 is 24.1 Å². The fraction of sp³-hybridized carbons (Fsp3) is 0.250. The van der Waals surface area contributed by atoms with E-state index in [0.717, 1.165) is 0 Å². The second-order valence-electron chi connectivity index (χ2n) is 6.35. The Hall–Kier alpha value is -3.12. The van der Waals surface area contributed by atoms with Gasteiger partial charge in [-0.05, 0) is 31.2 Å². The van der Waals surface area contributed by atoms with Gasteiger partial charge in [-0.25, -0.2) is 4.39 Å². The molecule has 0 aliphatic carbocycles. The number of nitrogens with two attached hydrogens (primary N) is 1. The number of carbonyl (C=O) groups excluding carboxylic acids is 1. The fourth-order valence-electron chi connectivity index (χ4n) is 2.83. The van der Waals surface area contributed by atoms with Crippen LogP contribution in [0.25, 0.3) is 11.6 Å². The van der Waals surface area contributed by atoms with Gasteiger partial charge >= 0.3 is 0 Å². The maximum Gasteiger partial charge on any atom is 0.256 e. The van der Waals surface area contributed by atoms with Gasteiger partial charge in [0.25, 0.3) is 5.91 Å². The van der Waals surface area contributed by atoms with Crippen LogP contribution in [0.1, 0.15) is 23.7 Å². The highest BCUT2D eigenvalue weighted by atomic mass is 19.1. The number of hydrogen-bond donors (Lipinski definition) is 5. The van der Waals surface area contributed by atoms with Crippen LogP contribution in [0.4, 0.5) is 10.1 Å². The third kappa shape index (κ3) is 3.64. The Morgan fingerprint density at radius 2 is 2.07 bits per heavy atom. The number of benzene rings is 1. The van der Waals surface area contributed by atoms with Crippen molar-refractivity contribution in [2.75, 3.05) is 12.4 Å². The molecule has 3 rings (SSSR count). The molecule has 2 heterocycles. The minimum atomic E-state index is -1.36. The summed E-state index contributed by atoms with van der Waals surface area (Å²) in [6.45, 7) is 1.42. The van der Waals surface area contributed by atoms with Crippen LogP contribution in [0.3, 0.4) is 0 Å². The minimum absolute atomic E-state index is 0.0514. The lowest BCUT2D eigenvalue weighted by molar-refractivity contribution is -0.110. The first-order valence-corrected chi connectivity index (χ1v) is 8.54. The van der Waals surface area contributed by atoms with E-state index in [1.807, 2.05) is 0 Å². The van der Waals surface area contributed by atoms with Crippen molar-refractivity contribution in [1.29, 1.82) is 0 Å². The van der Waals surface area contributed by atoms with E-state index in [2.05, 4.69) is 22.1 Å². The molecule has 0 saturated heterocycles. The number of ether oxygens (including phenoxy) is 1. The summed E-state index contributed by atoms with van der Waals surface area (Å²) in [4.78, 5) is 15.4. The summed E-state index contributed by atoms with van der Waals surface area (Å²) >= 11 is 0. The third-order valence-electron chi connectivity index (χ3n) is 4.43. The van der Waals surface area contributed by atoms with Gasteiger partial charge in [0.15, 0.2) is 0 Å². The molecular weight excluding hydrogens is 365 g/mol. The Morgan fingerprint density at radius 3 is 2.75 bits per heavy atom. The predicted molar refractivity (Wildman–Crippen MR) is 103 cm³/mol. The summed E-state index contributed by atoms with van der Waals surface area (Å²) in [5.41, 5.74) is 7.04. The average molecular weight is 385 g/mol. The van der Waals surface area contributed by atoms with Crippen LogP contribution in [0, 0.1) is 17.7 Å². The van der Waals surface area contributed by atoms with Crippen LogP contribution >= 0.6 is 0 Å². The summed E-state index contributed by atoms with van der Waals surface area (Å²) in [5, 5.41) is 22.1. The standard InChI is InChI=1S/C20H20FN3O4/c1-10(25)19(22)16(26)6-3-11-13(21)4-5-14-18(11)12(20(27)24-14)9-15-17(28-2)7-8-23-15/h4-5,7-10,16,19,23,25-26H,22H2,1-2H3,(H,24,27)/b12-9-. The number of amides is 1. The molecule has 0 radical (unpaired) electrons. The van der Waals surface area contributed by atoms with Crippen LogP contribution < -0.4 is 15.8 Å². The Kier molecular flexibility index (Phi) is 5.51. The van der Waals surface area contributed by atoms with Crippen molar-refractivity contribution in [1.82, 2.24) is 4.98 Å². The molecule has 146 valence electrons. The fourth-order valence-corrected chi connectivity index (χ4v) is 2.83. The lowest BCUT2D eigenvalue weighted by Crippen LogP contribution is -2.42. The van der Waals surface area contributed by atoms with Gasteiger partial charge < -0.3 is 31.0 Å². The average Bonchev–Trinajstić information content (AvgIpc) is 3.24. The maximum absolute atomic E-state index is 14.5. The van der Waals surface area contributed by atoms with Crippen LogP contribution in [0.2, 0.25) is 0 Å². The largest absolute Gasteiger partial charge is 0.495 e. The molecule has 1 aliphatic heterocycles. The highest BCUT2D eigenvalue weighted by Crippen LogP contribution is 2.37. The van der Waals surface area contributed by atoms with Crippen LogP contribution in [-0.2, 0) is 4.79 Å². The molecule has 28 heavy (non-hydrogen) atoms. The zero-order chi connectivity index (χ0) is 20.4. The zero-order valence-corrected chi connectivity index (χ0v) is 15.3. The number of aromatic nitrogens is 1. The van der Waals surface area contributed by atoms with E-state index in [4.69, 9.17) is 10.5 Å². The quantitative estimate of drug-likeness (QED) is 0.398. The van der Waals surface area contributed by atoms with Crippen LogP contribution in [0.15, 0.2) is 24.4 Å². The highest BCUT2D eigenvalue weighted by molar-refractivity contribution is 6.35. The minimum Gasteiger partial charge on any atom is -0.495 e. The summed E-state index contributed by atoms with van der Waals surface area (Å²) in [6, 6.07) is 3.31. The van der Waals surface area contributed by atoms with Gasteiger partial charge in [0, 0.05) is 11.8 Å². The van der Waals surface area contributed by atoms with Gasteiger partial charge in [0.05, 0.1) is 41.8 Å². The first-order chi connectivity index (χ1) is 13.3. The van der Waals surface area contributed by atoms with E-state index in [0.29, 0.717) is 17.1 Å². The number of methoxy groups -OCH3 is 1. The second kappa shape index (κ2) is 7.86. The number of aromatic amines is 1. The van der Waals surface area contributed by atoms with Gasteiger partial charge in [-0.1, -0.05) is 11.8 Å². The van der Waals surface area contributed by atoms with E-state index < -0.39 is 30.0 Å². The Morgan fingerprint density at radius 1 is 1.32 bits per heavy atom. The Labute approximate surface area is 161 Å². The molecule has 6 N–H and O–H groups in total. The molecule has 3 atom stereocenters. The molecule has 0 saturated carbocycles. The number of nitrogens with one attached hydrogen (secondary N) is 2. The van der Waals surface area contributed by atoms with E-state index in [-0.39, 0.29) is 16.7 Å². The number of fused-ring (bicyclic) bond motifs is 1. The number of anilines is 1. The molecule has 2 aromatic rings. The lowest BCUT2D eigenvalue weighted by atomic mass is 9.98. The molecule has 1 aromatic carbocycles. The van der Waals surface area contributed by atoms with E-state index in [9.17, 15) is 19.4 Å². The molecule has 0 spiro atoms. The molecule has 8 heteroatoms. The number of carbonyl (C=O) groups is 1. The van der Waals surface area contributed by atoms with Crippen LogP contribution in [-0.4, -0.2) is 46.5 Å². The van der Waals surface area contributed by atoms with Crippen molar-refractivity contribution in [3.8, 4) is 17.6 Å². The van der Waals surface area contributed by atoms with Gasteiger partial charge in [0.2, 0.25) is 0 Å². The molecule has 7 nitrogen and oxygen atoms in total. The second-order valence-corrected chi connectivity index (χ2v) is 6.35. The van der Waals surface area contributed by atoms with E-state index >= 15 is 0 Å². The zero-order valence-electron chi connectivity index (χ0n) is 15.3.